The van der Waals surface area contributed by atoms with Gasteiger partial charge in [-0.2, -0.15) is 0 Å². The number of carbonyl (C=O) groups excluding carboxylic acids is 2. The molecule has 58 heavy (non-hydrogen) atoms. The van der Waals surface area contributed by atoms with Crippen LogP contribution in [-0.2, 0) is 14.3 Å². The summed E-state index contributed by atoms with van der Waals surface area (Å²) in [6.45, 7) is 6.33. The summed E-state index contributed by atoms with van der Waals surface area (Å²) in [6.07, 6.45) is 54.6. The molecule has 0 aliphatic carbocycles. The van der Waals surface area contributed by atoms with Gasteiger partial charge < -0.3 is 20.3 Å². The van der Waals surface area contributed by atoms with Gasteiger partial charge in [-0.3, -0.25) is 9.59 Å². The van der Waals surface area contributed by atoms with E-state index in [1.165, 1.54) is 128 Å². The molecule has 338 valence electrons. The fraction of sp³-hybridized carbons (Fsp3) is 0.808. The number of hydrogen-bond donors (Lipinski definition) is 3. The Kier molecular flexibility index (Phi) is 44.2. The number of aliphatic hydroxyl groups is 2. The molecule has 0 aliphatic rings. The van der Waals surface area contributed by atoms with Gasteiger partial charge in [-0.25, -0.2) is 0 Å². The highest BCUT2D eigenvalue weighted by molar-refractivity contribution is 5.77. The minimum absolute atomic E-state index is 0.0521. The van der Waals surface area contributed by atoms with Crippen molar-refractivity contribution in [3.63, 3.8) is 0 Å². The molecule has 0 aliphatic heterocycles. The van der Waals surface area contributed by atoms with Crippen LogP contribution in [0.4, 0.5) is 0 Å². The van der Waals surface area contributed by atoms with Gasteiger partial charge in [0.15, 0.2) is 0 Å². The van der Waals surface area contributed by atoms with Crippen LogP contribution in [0.15, 0.2) is 48.6 Å². The maximum absolute atomic E-state index is 13.2. The standard InChI is InChI=1S/C52H95NO5/c1-4-7-10-13-16-19-22-24-25-27-30-33-36-39-42-45-52(57)58-48(43-40-37-34-31-28-21-18-15-12-9-6-3)46-51(56)53-49(47-54)50(55)44-41-38-35-32-29-26-23-20-17-14-11-8-5-2/h7,10,13,16,19,22,31,34,48-50,54-55H,4-6,8-9,11-12,14-15,17-18,20-21,23-30,32-33,35-47H2,1-3H3,(H,53,56)/b10-7+,16-13+,22-19+,34-31-. The van der Waals surface area contributed by atoms with Crippen LogP contribution < -0.4 is 5.32 Å². The zero-order valence-corrected chi connectivity index (χ0v) is 38.4. The average molecular weight is 814 g/mol. The first-order valence-electron chi connectivity index (χ1n) is 24.9. The fourth-order valence-corrected chi connectivity index (χ4v) is 7.43. The van der Waals surface area contributed by atoms with Gasteiger partial charge in [-0.15, -0.1) is 0 Å². The SMILES string of the molecule is CC/C=C/C=C/C=C/CCCCCCCCCC(=O)OC(CCC/C=C\CCCCCCCC)CC(=O)NC(CO)C(O)CCCCCCCCCCCCCCC. The Morgan fingerprint density at radius 1 is 0.517 bits per heavy atom. The molecule has 0 saturated carbocycles. The van der Waals surface area contributed by atoms with Crippen LogP contribution in [0.1, 0.15) is 245 Å². The van der Waals surface area contributed by atoms with E-state index in [0.29, 0.717) is 19.3 Å². The van der Waals surface area contributed by atoms with Crippen LogP contribution >= 0.6 is 0 Å². The third kappa shape index (κ3) is 40.6. The van der Waals surface area contributed by atoms with Crippen LogP contribution in [0.25, 0.3) is 0 Å². The lowest BCUT2D eigenvalue weighted by molar-refractivity contribution is -0.151. The highest BCUT2D eigenvalue weighted by atomic mass is 16.5. The molecule has 0 aromatic heterocycles. The average Bonchev–Trinajstić information content (AvgIpc) is 3.22. The van der Waals surface area contributed by atoms with Crippen LogP contribution in [0.3, 0.4) is 0 Å². The molecule has 0 rings (SSSR count). The fourth-order valence-electron chi connectivity index (χ4n) is 7.43. The van der Waals surface area contributed by atoms with Gasteiger partial charge in [-0.1, -0.05) is 217 Å². The first kappa shape index (κ1) is 55.8. The molecular weight excluding hydrogens is 719 g/mol. The number of rotatable bonds is 44. The summed E-state index contributed by atoms with van der Waals surface area (Å²) in [4.78, 5) is 26.1. The van der Waals surface area contributed by atoms with E-state index in [1.807, 2.05) is 0 Å². The van der Waals surface area contributed by atoms with E-state index in [2.05, 4.69) is 74.7 Å². The molecule has 3 unspecified atom stereocenters. The summed E-state index contributed by atoms with van der Waals surface area (Å²) in [5, 5.41) is 23.7. The van der Waals surface area contributed by atoms with E-state index in [0.717, 1.165) is 70.6 Å². The normalized spacial score (nSPS) is 13.7. The second kappa shape index (κ2) is 45.9. The second-order valence-corrected chi connectivity index (χ2v) is 16.9. The molecule has 3 atom stereocenters. The van der Waals surface area contributed by atoms with Crippen molar-refractivity contribution in [1.82, 2.24) is 5.32 Å². The number of carbonyl (C=O) groups is 2. The summed E-state index contributed by atoms with van der Waals surface area (Å²) < 4.78 is 5.90. The number of ether oxygens (including phenoxy) is 1. The van der Waals surface area contributed by atoms with Gasteiger partial charge in [0.05, 0.1) is 25.2 Å². The van der Waals surface area contributed by atoms with Gasteiger partial charge in [0.1, 0.15) is 6.10 Å². The summed E-state index contributed by atoms with van der Waals surface area (Å²) in [5.74, 6) is -0.514. The smallest absolute Gasteiger partial charge is 0.306 e. The first-order chi connectivity index (χ1) is 28.5. The number of aliphatic hydroxyl groups excluding tert-OH is 2. The van der Waals surface area contributed by atoms with E-state index in [4.69, 9.17) is 4.74 Å². The Morgan fingerprint density at radius 3 is 1.48 bits per heavy atom. The van der Waals surface area contributed by atoms with Crippen molar-refractivity contribution in [3.8, 4) is 0 Å². The monoisotopic (exact) mass is 814 g/mol. The van der Waals surface area contributed by atoms with Crippen molar-refractivity contribution >= 4 is 11.9 Å². The summed E-state index contributed by atoms with van der Waals surface area (Å²) >= 11 is 0. The summed E-state index contributed by atoms with van der Waals surface area (Å²) in [7, 11) is 0. The van der Waals surface area contributed by atoms with Gasteiger partial charge >= 0.3 is 5.97 Å². The van der Waals surface area contributed by atoms with Crippen molar-refractivity contribution in [2.24, 2.45) is 0 Å². The van der Waals surface area contributed by atoms with E-state index in [1.54, 1.807) is 0 Å². The third-order valence-electron chi connectivity index (χ3n) is 11.2. The number of allylic oxidation sites excluding steroid dienone is 8. The van der Waals surface area contributed by atoms with Crippen LogP contribution in [0, 0.1) is 0 Å². The molecule has 6 heteroatoms. The Bertz CT molecular complexity index is 1000. The predicted molar refractivity (Wildman–Crippen MR) is 250 cm³/mol. The lowest BCUT2D eigenvalue weighted by atomic mass is 10.0. The zero-order chi connectivity index (χ0) is 42.4. The highest BCUT2D eigenvalue weighted by Crippen LogP contribution is 2.17. The molecule has 0 fully saturated rings. The highest BCUT2D eigenvalue weighted by Gasteiger charge is 2.24. The third-order valence-corrected chi connectivity index (χ3v) is 11.2. The lowest BCUT2D eigenvalue weighted by Gasteiger charge is -2.24. The molecule has 1 amide bonds. The van der Waals surface area contributed by atoms with Crippen LogP contribution in [-0.4, -0.2) is 46.9 Å². The molecular formula is C52H95NO5. The number of amides is 1. The van der Waals surface area contributed by atoms with Crippen molar-refractivity contribution < 1.29 is 24.5 Å². The Balaban J connectivity index is 4.58. The lowest BCUT2D eigenvalue weighted by Crippen LogP contribution is -2.46. The second-order valence-electron chi connectivity index (χ2n) is 16.9. The van der Waals surface area contributed by atoms with Crippen LogP contribution in [0.5, 0.6) is 0 Å². The van der Waals surface area contributed by atoms with Crippen molar-refractivity contribution in [2.45, 2.75) is 264 Å². The molecule has 0 saturated heterocycles. The minimum atomic E-state index is -0.795. The van der Waals surface area contributed by atoms with Gasteiger partial charge in [-0.05, 0) is 64.2 Å². The van der Waals surface area contributed by atoms with Gasteiger partial charge in [0.2, 0.25) is 5.91 Å². The van der Waals surface area contributed by atoms with E-state index >= 15 is 0 Å². The van der Waals surface area contributed by atoms with E-state index in [9.17, 15) is 19.8 Å². The summed E-state index contributed by atoms with van der Waals surface area (Å²) in [6, 6.07) is -0.710. The number of unbranched alkanes of at least 4 members (excludes halogenated alkanes) is 26. The quantitative estimate of drug-likeness (QED) is 0.0246. The maximum Gasteiger partial charge on any atom is 0.306 e. The predicted octanol–water partition coefficient (Wildman–Crippen LogP) is 14.7. The van der Waals surface area contributed by atoms with E-state index < -0.39 is 18.2 Å². The largest absolute Gasteiger partial charge is 0.462 e. The molecule has 3 N–H and O–H groups in total. The van der Waals surface area contributed by atoms with Crippen molar-refractivity contribution in [2.75, 3.05) is 6.61 Å². The Morgan fingerprint density at radius 2 is 0.966 bits per heavy atom. The van der Waals surface area contributed by atoms with E-state index in [-0.39, 0.29) is 24.9 Å². The van der Waals surface area contributed by atoms with Crippen molar-refractivity contribution in [3.05, 3.63) is 48.6 Å². The molecule has 0 aromatic rings. The molecule has 0 radical (unpaired) electrons. The van der Waals surface area contributed by atoms with Crippen molar-refractivity contribution in [1.29, 1.82) is 0 Å². The molecule has 0 spiro atoms. The minimum Gasteiger partial charge on any atom is -0.462 e. The summed E-state index contributed by atoms with van der Waals surface area (Å²) in [5.41, 5.74) is 0. The first-order valence-corrected chi connectivity index (χ1v) is 24.9. The molecule has 0 bridgehead atoms. The zero-order valence-electron chi connectivity index (χ0n) is 38.4. The number of hydrogen-bond acceptors (Lipinski definition) is 5. The Labute approximate surface area is 359 Å². The molecule has 0 aromatic carbocycles. The van der Waals surface area contributed by atoms with Gasteiger partial charge in [0, 0.05) is 6.42 Å². The van der Waals surface area contributed by atoms with Gasteiger partial charge in [0.25, 0.3) is 0 Å². The number of esters is 1. The topological polar surface area (TPSA) is 95.9 Å². The maximum atomic E-state index is 13.2. The Hall–Kier alpha value is -2.18. The number of nitrogens with one attached hydrogen (secondary N) is 1. The molecule has 6 nitrogen and oxygen atoms in total. The molecule has 0 heterocycles. The van der Waals surface area contributed by atoms with Crippen LogP contribution in [0.2, 0.25) is 0 Å².